The van der Waals surface area contributed by atoms with Gasteiger partial charge < -0.3 is 10.6 Å². The van der Waals surface area contributed by atoms with Gasteiger partial charge in [0.2, 0.25) is 5.91 Å². The van der Waals surface area contributed by atoms with Crippen LogP contribution in [-0.4, -0.2) is 10.9 Å². The topological polar surface area (TPSA) is 54.0 Å². The number of carbonyl (C=O) groups is 1. The van der Waals surface area contributed by atoms with Crippen LogP contribution in [0.1, 0.15) is 26.2 Å². The minimum Gasteiger partial charge on any atom is -0.352 e. The van der Waals surface area contributed by atoms with E-state index in [4.69, 9.17) is 23.2 Å². The fraction of sp³-hybridized carbons (Fsp3) is 0.250. The Morgan fingerprint density at radius 3 is 2.50 bits per heavy atom. The van der Waals surface area contributed by atoms with Gasteiger partial charge >= 0.3 is 0 Å². The average Bonchev–Trinajstić information content (AvgIpc) is 2.51. The molecule has 4 nitrogen and oxygen atoms in total. The number of hydrogen-bond acceptors (Lipinski definition) is 3. The molecule has 0 radical (unpaired) electrons. The van der Waals surface area contributed by atoms with Crippen molar-refractivity contribution in [1.29, 1.82) is 0 Å². The smallest absolute Gasteiger partial charge is 0.225 e. The van der Waals surface area contributed by atoms with Crippen molar-refractivity contribution in [2.75, 3.05) is 10.6 Å². The lowest BCUT2D eigenvalue weighted by molar-refractivity contribution is -0.116. The van der Waals surface area contributed by atoms with Crippen molar-refractivity contribution >= 4 is 46.3 Å². The summed E-state index contributed by atoms with van der Waals surface area (Å²) in [5.74, 6) is 0.501. The van der Waals surface area contributed by atoms with E-state index >= 15 is 0 Å². The van der Waals surface area contributed by atoms with Crippen LogP contribution in [0.4, 0.5) is 17.2 Å². The van der Waals surface area contributed by atoms with Gasteiger partial charge in [0.05, 0.1) is 27.6 Å². The Morgan fingerprint density at radius 2 is 1.91 bits per heavy atom. The van der Waals surface area contributed by atoms with Crippen molar-refractivity contribution in [1.82, 2.24) is 4.98 Å². The predicted octanol–water partition coefficient (Wildman–Crippen LogP) is 5.26. The van der Waals surface area contributed by atoms with Crippen molar-refractivity contribution in [3.8, 4) is 0 Å². The van der Waals surface area contributed by atoms with Crippen LogP contribution in [0.3, 0.4) is 0 Å². The Kier molecular flexibility index (Phi) is 6.04. The highest BCUT2D eigenvalue weighted by atomic mass is 35.5. The van der Waals surface area contributed by atoms with Crippen LogP contribution in [-0.2, 0) is 4.79 Å². The molecule has 0 aliphatic carbocycles. The molecule has 0 unspecified atom stereocenters. The fourth-order valence-corrected chi connectivity index (χ4v) is 2.34. The van der Waals surface area contributed by atoms with E-state index < -0.39 is 0 Å². The molecule has 1 aromatic heterocycles. The Hall–Kier alpha value is -1.78. The Labute approximate surface area is 139 Å². The van der Waals surface area contributed by atoms with Crippen molar-refractivity contribution in [3.63, 3.8) is 0 Å². The van der Waals surface area contributed by atoms with E-state index in [1.807, 2.05) is 13.0 Å². The molecule has 1 heterocycles. The van der Waals surface area contributed by atoms with E-state index in [9.17, 15) is 4.79 Å². The molecule has 2 N–H and O–H groups in total. The first-order chi connectivity index (χ1) is 10.6. The third-order valence-electron chi connectivity index (χ3n) is 3.02. The molecule has 0 spiro atoms. The first-order valence-corrected chi connectivity index (χ1v) is 7.82. The normalized spacial score (nSPS) is 10.3. The zero-order valence-electron chi connectivity index (χ0n) is 12.2. The number of benzene rings is 1. The summed E-state index contributed by atoms with van der Waals surface area (Å²) in [6, 6.07) is 8.83. The second-order valence-electron chi connectivity index (χ2n) is 4.81. The van der Waals surface area contributed by atoms with Gasteiger partial charge in [-0.15, -0.1) is 0 Å². The van der Waals surface area contributed by atoms with Gasteiger partial charge in [0.1, 0.15) is 5.82 Å². The summed E-state index contributed by atoms with van der Waals surface area (Å²) in [5, 5.41) is 6.94. The highest BCUT2D eigenvalue weighted by Gasteiger charge is 2.07. The number of carbonyl (C=O) groups excluding carboxylic acids is 1. The number of aromatic nitrogens is 1. The van der Waals surface area contributed by atoms with Gasteiger partial charge in [-0.1, -0.05) is 42.6 Å². The standard InChI is InChI=1S/C16H17Cl2N3O/c1-2-3-7-15(22)21-14-9-8-11(10-19-14)20-16-12(17)5-4-6-13(16)18/h4-6,8-10,20H,2-3,7H2,1H3,(H,19,21,22). The van der Waals surface area contributed by atoms with Crippen LogP contribution in [0.15, 0.2) is 36.5 Å². The van der Waals surface area contributed by atoms with Gasteiger partial charge in [-0.25, -0.2) is 4.98 Å². The molecule has 0 bridgehead atoms. The lowest BCUT2D eigenvalue weighted by Gasteiger charge is -2.10. The van der Waals surface area contributed by atoms with Crippen LogP contribution < -0.4 is 10.6 Å². The number of nitrogens with zero attached hydrogens (tertiary/aromatic N) is 1. The van der Waals surface area contributed by atoms with E-state index in [0.717, 1.165) is 18.5 Å². The molecule has 0 saturated heterocycles. The van der Waals surface area contributed by atoms with E-state index in [1.165, 1.54) is 0 Å². The molecule has 0 aliphatic heterocycles. The fourth-order valence-electron chi connectivity index (χ4n) is 1.85. The van der Waals surface area contributed by atoms with Gasteiger partial charge in [-0.05, 0) is 30.7 Å². The van der Waals surface area contributed by atoms with Crippen LogP contribution in [0.25, 0.3) is 0 Å². The van der Waals surface area contributed by atoms with E-state index in [0.29, 0.717) is 28.0 Å². The van der Waals surface area contributed by atoms with Gasteiger partial charge in [0.25, 0.3) is 0 Å². The number of rotatable bonds is 6. The molecule has 116 valence electrons. The number of amides is 1. The quantitative estimate of drug-likeness (QED) is 0.755. The first-order valence-electron chi connectivity index (χ1n) is 7.07. The summed E-state index contributed by atoms with van der Waals surface area (Å²) in [4.78, 5) is 15.8. The highest BCUT2D eigenvalue weighted by molar-refractivity contribution is 6.39. The number of unbranched alkanes of at least 4 members (excludes halogenated alkanes) is 1. The molecule has 0 fully saturated rings. The van der Waals surface area contributed by atoms with Crippen molar-refractivity contribution in [3.05, 3.63) is 46.6 Å². The molecule has 0 saturated carbocycles. The monoisotopic (exact) mass is 337 g/mol. The van der Waals surface area contributed by atoms with Gasteiger partial charge in [0, 0.05) is 6.42 Å². The summed E-state index contributed by atoms with van der Waals surface area (Å²) < 4.78 is 0. The SMILES string of the molecule is CCCCC(=O)Nc1ccc(Nc2c(Cl)cccc2Cl)cn1. The van der Waals surface area contributed by atoms with E-state index in [1.54, 1.807) is 30.5 Å². The summed E-state index contributed by atoms with van der Waals surface area (Å²) in [6.07, 6.45) is 3.99. The third-order valence-corrected chi connectivity index (χ3v) is 3.65. The Balaban J connectivity index is 2.02. The van der Waals surface area contributed by atoms with Gasteiger partial charge in [-0.2, -0.15) is 0 Å². The Morgan fingerprint density at radius 1 is 1.18 bits per heavy atom. The van der Waals surface area contributed by atoms with Crippen molar-refractivity contribution in [2.45, 2.75) is 26.2 Å². The van der Waals surface area contributed by atoms with Crippen LogP contribution in [0.5, 0.6) is 0 Å². The summed E-state index contributed by atoms with van der Waals surface area (Å²) in [6.45, 7) is 2.05. The largest absolute Gasteiger partial charge is 0.352 e. The van der Waals surface area contributed by atoms with E-state index in [-0.39, 0.29) is 5.91 Å². The molecule has 1 amide bonds. The molecule has 22 heavy (non-hydrogen) atoms. The number of halogens is 2. The molecule has 0 aliphatic rings. The molecule has 0 atom stereocenters. The number of pyridine rings is 1. The molecule has 2 aromatic rings. The predicted molar refractivity (Wildman–Crippen MR) is 92.1 cm³/mol. The number of hydrogen-bond donors (Lipinski definition) is 2. The summed E-state index contributed by atoms with van der Waals surface area (Å²) in [5.41, 5.74) is 1.37. The minimum absolute atomic E-state index is 0.0239. The maximum absolute atomic E-state index is 11.6. The highest BCUT2D eigenvalue weighted by Crippen LogP contribution is 2.32. The molecule has 6 heteroatoms. The van der Waals surface area contributed by atoms with Crippen molar-refractivity contribution < 1.29 is 4.79 Å². The Bertz CT molecular complexity index is 624. The number of anilines is 3. The second kappa shape index (κ2) is 8.01. The van der Waals surface area contributed by atoms with Crippen LogP contribution >= 0.6 is 23.2 Å². The molecular weight excluding hydrogens is 321 g/mol. The molecule has 2 rings (SSSR count). The maximum Gasteiger partial charge on any atom is 0.225 e. The zero-order chi connectivity index (χ0) is 15.9. The van der Waals surface area contributed by atoms with Gasteiger partial charge in [0.15, 0.2) is 0 Å². The zero-order valence-corrected chi connectivity index (χ0v) is 13.7. The van der Waals surface area contributed by atoms with Crippen molar-refractivity contribution in [2.24, 2.45) is 0 Å². The maximum atomic E-state index is 11.6. The first kappa shape index (κ1) is 16.6. The average molecular weight is 338 g/mol. The van der Waals surface area contributed by atoms with Gasteiger partial charge in [-0.3, -0.25) is 4.79 Å². The number of nitrogens with one attached hydrogen (secondary N) is 2. The van der Waals surface area contributed by atoms with Crippen LogP contribution in [0, 0.1) is 0 Å². The minimum atomic E-state index is -0.0239. The third kappa shape index (κ3) is 4.61. The second-order valence-corrected chi connectivity index (χ2v) is 5.62. The lowest BCUT2D eigenvalue weighted by Crippen LogP contribution is -2.12. The molecule has 1 aromatic carbocycles. The van der Waals surface area contributed by atoms with E-state index in [2.05, 4.69) is 15.6 Å². The molecular formula is C16H17Cl2N3O. The van der Waals surface area contributed by atoms with Crippen LogP contribution in [0.2, 0.25) is 10.0 Å². The number of para-hydroxylation sites is 1. The summed E-state index contributed by atoms with van der Waals surface area (Å²) >= 11 is 12.2. The lowest BCUT2D eigenvalue weighted by atomic mass is 10.2. The summed E-state index contributed by atoms with van der Waals surface area (Å²) in [7, 11) is 0.